The van der Waals surface area contributed by atoms with E-state index in [0.717, 1.165) is 25.9 Å². The van der Waals surface area contributed by atoms with Gasteiger partial charge in [-0.15, -0.1) is 0 Å². The van der Waals surface area contributed by atoms with Crippen LogP contribution in [0.4, 0.5) is 4.39 Å². The van der Waals surface area contributed by atoms with Gasteiger partial charge in [-0.2, -0.15) is 0 Å². The number of hydrogen-bond acceptors (Lipinski definition) is 2. The largest absolute Gasteiger partial charge is 0.393 e. The van der Waals surface area contributed by atoms with Crippen LogP contribution in [-0.2, 0) is 6.42 Å². The normalized spacial score (nSPS) is 20.0. The molecule has 1 unspecified atom stereocenters. The first-order valence-corrected chi connectivity index (χ1v) is 6.80. The summed E-state index contributed by atoms with van der Waals surface area (Å²) in [5.74, 6) is -0.303. The van der Waals surface area contributed by atoms with Gasteiger partial charge in [0.15, 0.2) is 0 Å². The SMILES string of the molecule is CC(Cc1cccc(Cl)c1F)N1CCC(O)CC1. The second-order valence-electron chi connectivity index (χ2n) is 5.03. The number of aliphatic hydroxyl groups is 1. The van der Waals surface area contributed by atoms with Crippen LogP contribution in [0.1, 0.15) is 25.3 Å². The number of nitrogens with zero attached hydrogens (tertiary/aromatic N) is 1. The van der Waals surface area contributed by atoms with Crippen LogP contribution < -0.4 is 0 Å². The van der Waals surface area contributed by atoms with Gasteiger partial charge in [-0.25, -0.2) is 4.39 Å². The Morgan fingerprint density at radius 2 is 2.11 bits per heavy atom. The topological polar surface area (TPSA) is 23.5 Å². The lowest BCUT2D eigenvalue weighted by molar-refractivity contribution is 0.0646. The average molecular weight is 272 g/mol. The molecular weight excluding hydrogens is 253 g/mol. The van der Waals surface area contributed by atoms with Crippen LogP contribution in [0.15, 0.2) is 18.2 Å². The number of halogens is 2. The third-order valence-electron chi connectivity index (χ3n) is 3.67. The number of aliphatic hydroxyl groups excluding tert-OH is 1. The summed E-state index contributed by atoms with van der Waals surface area (Å²) in [6.45, 7) is 3.85. The maximum absolute atomic E-state index is 13.8. The van der Waals surface area contributed by atoms with E-state index in [9.17, 15) is 9.50 Å². The van der Waals surface area contributed by atoms with Gasteiger partial charge in [0.25, 0.3) is 0 Å². The predicted molar refractivity (Wildman–Crippen MR) is 71.4 cm³/mol. The molecule has 1 aliphatic rings. The average Bonchev–Trinajstić information content (AvgIpc) is 2.36. The van der Waals surface area contributed by atoms with E-state index >= 15 is 0 Å². The lowest BCUT2D eigenvalue weighted by atomic mass is 10.0. The minimum absolute atomic E-state index is 0.170. The fraction of sp³-hybridized carbons (Fsp3) is 0.571. The van der Waals surface area contributed by atoms with Gasteiger partial charge < -0.3 is 10.0 Å². The third kappa shape index (κ3) is 3.22. The Bertz CT molecular complexity index is 405. The van der Waals surface area contributed by atoms with Crippen molar-refractivity contribution in [3.63, 3.8) is 0 Å². The van der Waals surface area contributed by atoms with Gasteiger partial charge in [0.1, 0.15) is 5.82 Å². The lowest BCUT2D eigenvalue weighted by Gasteiger charge is -2.34. The van der Waals surface area contributed by atoms with Gasteiger partial charge in [0.05, 0.1) is 11.1 Å². The first-order valence-electron chi connectivity index (χ1n) is 6.43. The fourth-order valence-electron chi connectivity index (χ4n) is 2.48. The molecule has 0 aromatic heterocycles. The van der Waals surface area contributed by atoms with Gasteiger partial charge in [-0.3, -0.25) is 0 Å². The van der Waals surface area contributed by atoms with E-state index < -0.39 is 0 Å². The molecule has 1 aromatic carbocycles. The maximum Gasteiger partial charge on any atom is 0.145 e. The van der Waals surface area contributed by atoms with Crippen LogP contribution in [0.2, 0.25) is 5.02 Å². The Kier molecular flexibility index (Phi) is 4.60. The van der Waals surface area contributed by atoms with Crippen molar-refractivity contribution in [2.75, 3.05) is 13.1 Å². The van der Waals surface area contributed by atoms with E-state index in [1.54, 1.807) is 18.2 Å². The van der Waals surface area contributed by atoms with Gasteiger partial charge in [-0.1, -0.05) is 23.7 Å². The van der Waals surface area contributed by atoms with Crippen molar-refractivity contribution in [2.45, 2.75) is 38.3 Å². The van der Waals surface area contributed by atoms with Crippen LogP contribution in [-0.4, -0.2) is 35.2 Å². The summed E-state index contributed by atoms with van der Waals surface area (Å²) >= 11 is 5.78. The summed E-state index contributed by atoms with van der Waals surface area (Å²) in [6.07, 6.45) is 2.10. The van der Waals surface area contributed by atoms with Gasteiger partial charge >= 0.3 is 0 Å². The molecule has 1 heterocycles. The van der Waals surface area contributed by atoms with Crippen molar-refractivity contribution >= 4 is 11.6 Å². The highest BCUT2D eigenvalue weighted by molar-refractivity contribution is 6.30. The Hall–Kier alpha value is -0.640. The summed E-state index contributed by atoms with van der Waals surface area (Å²) in [5, 5.41) is 9.66. The Balaban J connectivity index is 1.98. The molecule has 0 saturated carbocycles. The summed E-state index contributed by atoms with van der Waals surface area (Å²) in [4.78, 5) is 2.30. The van der Waals surface area contributed by atoms with E-state index in [1.165, 1.54) is 0 Å². The van der Waals surface area contributed by atoms with Gasteiger partial charge in [0.2, 0.25) is 0 Å². The second-order valence-corrected chi connectivity index (χ2v) is 5.44. The molecule has 1 atom stereocenters. The molecule has 1 aliphatic heterocycles. The first-order chi connectivity index (χ1) is 8.58. The molecule has 1 N–H and O–H groups in total. The van der Waals surface area contributed by atoms with Crippen molar-refractivity contribution in [2.24, 2.45) is 0 Å². The Morgan fingerprint density at radius 1 is 1.44 bits per heavy atom. The van der Waals surface area contributed by atoms with E-state index in [4.69, 9.17) is 11.6 Å². The molecule has 1 fully saturated rings. The maximum atomic E-state index is 13.8. The standard InChI is InChI=1S/C14H19ClFNO/c1-10(17-7-5-12(18)6-8-17)9-11-3-2-4-13(15)14(11)16/h2-4,10,12,18H,5-9H2,1H3. The number of benzene rings is 1. The molecule has 0 bridgehead atoms. The van der Waals surface area contributed by atoms with E-state index in [2.05, 4.69) is 11.8 Å². The molecule has 2 rings (SSSR count). The van der Waals surface area contributed by atoms with E-state index in [1.807, 2.05) is 0 Å². The molecule has 1 saturated heterocycles. The molecule has 0 amide bonds. The number of likely N-dealkylation sites (tertiary alicyclic amines) is 1. The predicted octanol–water partition coefficient (Wildman–Crippen LogP) is 2.87. The zero-order chi connectivity index (χ0) is 13.1. The van der Waals surface area contributed by atoms with Crippen LogP contribution in [0.25, 0.3) is 0 Å². The highest BCUT2D eigenvalue weighted by atomic mass is 35.5. The third-order valence-corrected chi connectivity index (χ3v) is 3.96. The molecule has 1 aromatic rings. The van der Waals surface area contributed by atoms with Crippen LogP contribution in [0.5, 0.6) is 0 Å². The van der Waals surface area contributed by atoms with Crippen LogP contribution >= 0.6 is 11.6 Å². The van der Waals surface area contributed by atoms with Gasteiger partial charge in [0, 0.05) is 19.1 Å². The van der Waals surface area contributed by atoms with Crippen molar-refractivity contribution < 1.29 is 9.50 Å². The molecule has 0 spiro atoms. The zero-order valence-electron chi connectivity index (χ0n) is 10.6. The minimum Gasteiger partial charge on any atom is -0.393 e. The quantitative estimate of drug-likeness (QED) is 0.914. The Labute approximate surface area is 112 Å². The molecule has 2 nitrogen and oxygen atoms in total. The molecule has 100 valence electrons. The molecule has 4 heteroatoms. The summed E-state index contributed by atoms with van der Waals surface area (Å²) in [5.41, 5.74) is 0.668. The fourth-order valence-corrected chi connectivity index (χ4v) is 2.67. The minimum atomic E-state index is -0.303. The molecule has 0 aliphatic carbocycles. The first kappa shape index (κ1) is 13.8. The van der Waals surface area contributed by atoms with Crippen LogP contribution in [0.3, 0.4) is 0 Å². The Morgan fingerprint density at radius 3 is 2.78 bits per heavy atom. The molecule has 0 radical (unpaired) electrons. The van der Waals surface area contributed by atoms with Crippen LogP contribution in [0, 0.1) is 5.82 Å². The number of hydrogen-bond donors (Lipinski definition) is 1. The molecule has 18 heavy (non-hydrogen) atoms. The second kappa shape index (κ2) is 6.00. The number of piperidine rings is 1. The van der Waals surface area contributed by atoms with E-state index in [-0.39, 0.29) is 23.0 Å². The van der Waals surface area contributed by atoms with Crippen molar-refractivity contribution in [3.8, 4) is 0 Å². The van der Waals surface area contributed by atoms with Crippen molar-refractivity contribution in [1.82, 2.24) is 4.90 Å². The highest BCUT2D eigenvalue weighted by Gasteiger charge is 2.22. The van der Waals surface area contributed by atoms with Crippen molar-refractivity contribution in [3.05, 3.63) is 34.6 Å². The molecular formula is C14H19ClFNO. The van der Waals surface area contributed by atoms with Gasteiger partial charge in [-0.05, 0) is 37.8 Å². The summed E-state index contributed by atoms with van der Waals surface area (Å²) < 4.78 is 13.8. The smallest absolute Gasteiger partial charge is 0.145 e. The number of rotatable bonds is 3. The monoisotopic (exact) mass is 271 g/mol. The lowest BCUT2D eigenvalue weighted by Crippen LogP contribution is -2.42. The van der Waals surface area contributed by atoms with Crippen molar-refractivity contribution in [1.29, 1.82) is 0 Å². The highest BCUT2D eigenvalue weighted by Crippen LogP contribution is 2.21. The zero-order valence-corrected chi connectivity index (χ0v) is 11.3. The summed E-state index contributed by atoms with van der Waals surface area (Å²) in [6, 6.07) is 5.41. The summed E-state index contributed by atoms with van der Waals surface area (Å²) in [7, 11) is 0. The van der Waals surface area contributed by atoms with E-state index in [0.29, 0.717) is 12.0 Å².